The molecule has 0 saturated heterocycles. The molecule has 3 rings (SSSR count). The molecule has 3 aromatic rings. The van der Waals surface area contributed by atoms with Gasteiger partial charge in [-0.2, -0.15) is 0 Å². The Labute approximate surface area is 181 Å². The predicted octanol–water partition coefficient (Wildman–Crippen LogP) is 4.71. The second kappa shape index (κ2) is 9.32. The van der Waals surface area contributed by atoms with E-state index in [-0.39, 0.29) is 16.7 Å². The van der Waals surface area contributed by atoms with Gasteiger partial charge in [0.2, 0.25) is 0 Å². The van der Waals surface area contributed by atoms with Crippen molar-refractivity contribution in [2.75, 3.05) is 23.3 Å². The van der Waals surface area contributed by atoms with Gasteiger partial charge in [0.25, 0.3) is 15.9 Å². The summed E-state index contributed by atoms with van der Waals surface area (Å²) in [5.41, 5.74) is 2.42. The summed E-state index contributed by atoms with van der Waals surface area (Å²) in [7, 11) is -2.08. The van der Waals surface area contributed by atoms with Gasteiger partial charge in [-0.05, 0) is 59.3 Å². The third kappa shape index (κ3) is 5.20. The maximum atomic E-state index is 12.6. The first kappa shape index (κ1) is 21.9. The number of benzene rings is 2. The van der Waals surface area contributed by atoms with E-state index in [2.05, 4.69) is 19.2 Å². The van der Waals surface area contributed by atoms with E-state index in [9.17, 15) is 13.2 Å². The second-order valence-electron chi connectivity index (χ2n) is 7.01. The van der Waals surface area contributed by atoms with E-state index < -0.39 is 10.0 Å². The van der Waals surface area contributed by atoms with Gasteiger partial charge in [-0.3, -0.25) is 9.10 Å². The third-order valence-electron chi connectivity index (χ3n) is 4.54. The lowest BCUT2D eigenvalue weighted by Crippen LogP contribution is -2.25. The van der Waals surface area contributed by atoms with Crippen LogP contribution in [-0.2, 0) is 14.8 Å². The molecule has 1 N–H and O–H groups in total. The molecule has 0 saturated carbocycles. The van der Waals surface area contributed by atoms with Crippen molar-refractivity contribution in [1.29, 1.82) is 0 Å². The molecule has 1 amide bonds. The van der Waals surface area contributed by atoms with Crippen molar-refractivity contribution in [3.05, 3.63) is 71.6 Å². The van der Waals surface area contributed by atoms with Gasteiger partial charge in [0.05, 0.1) is 5.69 Å². The molecule has 0 bridgehead atoms. The first-order chi connectivity index (χ1) is 14.3. The van der Waals surface area contributed by atoms with Gasteiger partial charge in [-0.15, -0.1) is 11.3 Å². The molecule has 1 aromatic heterocycles. The Morgan fingerprint density at radius 1 is 1.07 bits per heavy atom. The highest BCUT2D eigenvalue weighted by molar-refractivity contribution is 7.94. The van der Waals surface area contributed by atoms with E-state index in [1.54, 1.807) is 41.8 Å². The number of sulfonamides is 1. The van der Waals surface area contributed by atoms with Crippen molar-refractivity contribution in [2.24, 2.45) is 0 Å². The summed E-state index contributed by atoms with van der Waals surface area (Å²) in [6, 6.07) is 17.5. The predicted molar refractivity (Wildman–Crippen MR) is 121 cm³/mol. The molecule has 0 atom stereocenters. The monoisotopic (exact) mass is 444 g/mol. The Morgan fingerprint density at radius 2 is 1.73 bits per heavy atom. The van der Waals surface area contributed by atoms with E-state index in [4.69, 9.17) is 4.74 Å². The zero-order chi connectivity index (χ0) is 21.7. The van der Waals surface area contributed by atoms with Crippen LogP contribution in [0, 0.1) is 0 Å². The number of carbonyl (C=O) groups is 1. The normalized spacial score (nSPS) is 11.3. The third-order valence-corrected chi connectivity index (χ3v) is 7.70. The van der Waals surface area contributed by atoms with E-state index in [1.807, 2.05) is 24.3 Å². The van der Waals surface area contributed by atoms with Crippen LogP contribution in [0.5, 0.6) is 5.75 Å². The highest BCUT2D eigenvalue weighted by atomic mass is 32.2. The van der Waals surface area contributed by atoms with Gasteiger partial charge in [0, 0.05) is 12.7 Å². The van der Waals surface area contributed by atoms with Gasteiger partial charge >= 0.3 is 0 Å². The molecule has 0 radical (unpaired) electrons. The fourth-order valence-electron chi connectivity index (χ4n) is 2.73. The zero-order valence-electron chi connectivity index (χ0n) is 17.0. The van der Waals surface area contributed by atoms with Crippen molar-refractivity contribution >= 4 is 38.6 Å². The maximum Gasteiger partial charge on any atom is 0.273 e. The molecule has 0 aliphatic rings. The highest BCUT2D eigenvalue weighted by Crippen LogP contribution is 2.26. The molecule has 0 aliphatic heterocycles. The summed E-state index contributed by atoms with van der Waals surface area (Å²) >= 11 is 1.17. The number of ether oxygens (including phenoxy) is 1. The minimum atomic E-state index is -3.58. The molecule has 30 heavy (non-hydrogen) atoms. The van der Waals surface area contributed by atoms with E-state index in [0.29, 0.717) is 23.0 Å². The lowest BCUT2D eigenvalue weighted by atomic mass is 10.0. The number of hydrogen-bond donors (Lipinski definition) is 1. The summed E-state index contributed by atoms with van der Waals surface area (Å²) in [5.74, 6) is 0.639. The molecule has 6 nitrogen and oxygen atoms in total. The van der Waals surface area contributed by atoms with Crippen molar-refractivity contribution in [2.45, 2.75) is 24.0 Å². The van der Waals surface area contributed by atoms with Gasteiger partial charge < -0.3 is 10.1 Å². The fourth-order valence-corrected chi connectivity index (χ4v) is 5.09. The molecule has 158 valence electrons. The average molecular weight is 445 g/mol. The van der Waals surface area contributed by atoms with Gasteiger partial charge in [-0.25, -0.2) is 8.42 Å². The first-order valence-corrected chi connectivity index (χ1v) is 11.7. The molecule has 0 fully saturated rings. The van der Waals surface area contributed by atoms with Crippen LogP contribution in [0.2, 0.25) is 0 Å². The summed E-state index contributed by atoms with van der Waals surface area (Å²) < 4.78 is 32.2. The highest BCUT2D eigenvalue weighted by Gasteiger charge is 2.22. The van der Waals surface area contributed by atoms with Crippen LogP contribution in [0.25, 0.3) is 0 Å². The smallest absolute Gasteiger partial charge is 0.273 e. The molecule has 8 heteroatoms. The Morgan fingerprint density at radius 3 is 2.30 bits per heavy atom. The number of nitrogens with zero attached hydrogens (tertiary/aromatic N) is 1. The van der Waals surface area contributed by atoms with Crippen molar-refractivity contribution in [1.82, 2.24) is 0 Å². The molecule has 0 spiro atoms. The van der Waals surface area contributed by atoms with E-state index >= 15 is 0 Å². The van der Waals surface area contributed by atoms with Crippen molar-refractivity contribution in [3.63, 3.8) is 0 Å². The zero-order valence-corrected chi connectivity index (χ0v) is 18.7. The standard InChI is InChI=1S/C22H24N2O4S2/c1-16(2)17-6-8-18(9-7-17)23-21(25)15-28-20-12-10-19(11-13-20)24(3)30(26,27)22-5-4-14-29-22/h4-14,16H,15H2,1-3H3,(H,23,25). The molecular weight excluding hydrogens is 420 g/mol. The number of hydrogen-bond acceptors (Lipinski definition) is 5. The Hall–Kier alpha value is -2.84. The maximum absolute atomic E-state index is 12.6. The summed E-state index contributed by atoms with van der Waals surface area (Å²) in [6.45, 7) is 4.08. The van der Waals surface area contributed by atoms with Gasteiger partial charge in [0.15, 0.2) is 6.61 Å². The van der Waals surface area contributed by atoms with E-state index in [0.717, 1.165) is 0 Å². The fraction of sp³-hybridized carbons (Fsp3) is 0.227. The van der Waals surface area contributed by atoms with Crippen LogP contribution in [0.15, 0.2) is 70.3 Å². The minimum Gasteiger partial charge on any atom is -0.484 e. The largest absolute Gasteiger partial charge is 0.484 e. The van der Waals surface area contributed by atoms with E-state index in [1.165, 1.54) is 28.3 Å². The number of amides is 1. The van der Waals surface area contributed by atoms with Gasteiger partial charge in [-0.1, -0.05) is 32.0 Å². The topological polar surface area (TPSA) is 75.7 Å². The second-order valence-corrected chi connectivity index (χ2v) is 10.2. The van der Waals surface area contributed by atoms with Crippen LogP contribution >= 0.6 is 11.3 Å². The molecule has 2 aromatic carbocycles. The summed E-state index contributed by atoms with van der Waals surface area (Å²) in [6.07, 6.45) is 0. The Balaban J connectivity index is 1.56. The Kier molecular flexibility index (Phi) is 6.79. The number of anilines is 2. The molecular formula is C22H24N2O4S2. The SMILES string of the molecule is CC(C)c1ccc(NC(=O)COc2ccc(N(C)S(=O)(=O)c3cccs3)cc2)cc1. The average Bonchev–Trinajstić information content (AvgIpc) is 3.28. The number of thiophene rings is 1. The van der Waals surface area contributed by atoms with Crippen LogP contribution in [0.1, 0.15) is 25.3 Å². The molecule has 0 unspecified atom stereocenters. The Bertz CT molecular complexity index is 1080. The number of carbonyl (C=O) groups excluding carboxylic acids is 1. The molecule has 1 heterocycles. The minimum absolute atomic E-state index is 0.144. The van der Waals surface area contributed by atoms with Crippen LogP contribution in [0.3, 0.4) is 0 Å². The van der Waals surface area contributed by atoms with Crippen molar-refractivity contribution in [3.8, 4) is 5.75 Å². The molecule has 0 aliphatic carbocycles. The van der Waals surface area contributed by atoms with Crippen LogP contribution in [0.4, 0.5) is 11.4 Å². The van der Waals surface area contributed by atoms with Crippen molar-refractivity contribution < 1.29 is 17.9 Å². The lowest BCUT2D eigenvalue weighted by Gasteiger charge is -2.18. The summed E-state index contributed by atoms with van der Waals surface area (Å²) in [4.78, 5) is 12.1. The number of rotatable bonds is 8. The number of nitrogens with one attached hydrogen (secondary N) is 1. The first-order valence-electron chi connectivity index (χ1n) is 9.42. The van der Waals surface area contributed by atoms with Crippen LogP contribution < -0.4 is 14.4 Å². The lowest BCUT2D eigenvalue weighted by molar-refractivity contribution is -0.118. The van der Waals surface area contributed by atoms with Gasteiger partial charge in [0.1, 0.15) is 9.96 Å². The quantitative estimate of drug-likeness (QED) is 0.546. The van der Waals surface area contributed by atoms with Crippen LogP contribution in [-0.4, -0.2) is 28.0 Å². The summed E-state index contributed by atoms with van der Waals surface area (Å²) in [5, 5.41) is 4.52.